The fourth-order valence-corrected chi connectivity index (χ4v) is 1.20. The van der Waals surface area contributed by atoms with Gasteiger partial charge in [-0.1, -0.05) is 6.07 Å². The lowest BCUT2D eigenvalue weighted by Crippen LogP contribution is -2.16. The predicted molar refractivity (Wildman–Crippen MR) is 48.1 cm³/mol. The van der Waals surface area contributed by atoms with Crippen molar-refractivity contribution in [1.82, 2.24) is 5.32 Å². The maximum absolute atomic E-state index is 13.1. The van der Waals surface area contributed by atoms with E-state index < -0.39 is 17.4 Å². The monoisotopic (exact) mass is 211 g/mol. The molecule has 78 valence electrons. The van der Waals surface area contributed by atoms with Crippen LogP contribution in [0.1, 0.15) is 0 Å². The van der Waals surface area contributed by atoms with Gasteiger partial charge in [0.25, 0.3) is 0 Å². The number of amides is 1. The zero-order valence-electron chi connectivity index (χ0n) is 7.59. The lowest BCUT2D eigenvalue weighted by Gasteiger charge is -2.07. The number of carbonyl (C=O) groups is 1. The van der Waals surface area contributed by atoms with Crippen molar-refractivity contribution < 1.29 is 18.3 Å². The van der Waals surface area contributed by atoms with Crippen LogP contribution in [0.15, 0.2) is 30.0 Å². The van der Waals surface area contributed by atoms with Crippen molar-refractivity contribution in [3.8, 4) is 5.75 Å². The summed E-state index contributed by atoms with van der Waals surface area (Å²) in [6.07, 6.45) is 1.16. The Morgan fingerprint density at radius 2 is 1.93 bits per heavy atom. The topological polar surface area (TPSA) is 38.3 Å². The van der Waals surface area contributed by atoms with Gasteiger partial charge in [-0.25, -0.2) is 8.78 Å². The third-order valence-corrected chi connectivity index (χ3v) is 1.88. The molecule has 1 aromatic rings. The first-order valence-electron chi connectivity index (χ1n) is 4.27. The SMILES string of the molecule is O=C1C=C(Oc2c(F)cccc2F)CN1. The maximum Gasteiger partial charge on any atom is 0.247 e. The van der Waals surface area contributed by atoms with Crippen LogP contribution in [-0.2, 0) is 4.79 Å². The Morgan fingerprint density at radius 3 is 2.47 bits per heavy atom. The molecule has 1 aromatic carbocycles. The van der Waals surface area contributed by atoms with E-state index in [1.54, 1.807) is 0 Å². The van der Waals surface area contributed by atoms with Gasteiger partial charge in [-0.2, -0.15) is 0 Å². The highest BCUT2D eigenvalue weighted by atomic mass is 19.1. The number of benzene rings is 1. The van der Waals surface area contributed by atoms with Crippen LogP contribution in [0, 0.1) is 11.6 Å². The van der Waals surface area contributed by atoms with Crippen LogP contribution in [0.4, 0.5) is 8.78 Å². The molecule has 0 fully saturated rings. The minimum Gasteiger partial charge on any atom is -0.453 e. The first-order valence-corrected chi connectivity index (χ1v) is 4.27. The van der Waals surface area contributed by atoms with Gasteiger partial charge < -0.3 is 10.1 Å². The van der Waals surface area contributed by atoms with Gasteiger partial charge in [0.2, 0.25) is 5.91 Å². The van der Waals surface area contributed by atoms with Gasteiger partial charge in [-0.3, -0.25) is 4.79 Å². The number of hydrogen-bond acceptors (Lipinski definition) is 2. The molecule has 1 amide bonds. The van der Waals surface area contributed by atoms with Crippen LogP contribution in [0.25, 0.3) is 0 Å². The second kappa shape index (κ2) is 3.68. The first-order chi connectivity index (χ1) is 7.16. The van der Waals surface area contributed by atoms with Crippen LogP contribution in [0.5, 0.6) is 5.75 Å². The van der Waals surface area contributed by atoms with E-state index in [2.05, 4.69) is 5.32 Å². The highest BCUT2D eigenvalue weighted by molar-refractivity contribution is 5.90. The summed E-state index contributed by atoms with van der Waals surface area (Å²) in [5.41, 5.74) is 0. The Morgan fingerprint density at radius 1 is 1.27 bits per heavy atom. The molecule has 2 rings (SSSR count). The summed E-state index contributed by atoms with van der Waals surface area (Å²) in [6, 6.07) is 3.41. The molecule has 15 heavy (non-hydrogen) atoms. The predicted octanol–water partition coefficient (Wildman–Crippen LogP) is 1.36. The van der Waals surface area contributed by atoms with Gasteiger partial charge >= 0.3 is 0 Å². The number of halogens is 2. The fourth-order valence-electron chi connectivity index (χ4n) is 1.20. The van der Waals surface area contributed by atoms with Gasteiger partial charge in [0.15, 0.2) is 17.4 Å². The summed E-state index contributed by atoms with van der Waals surface area (Å²) >= 11 is 0. The molecule has 0 spiro atoms. The average Bonchev–Trinajstić information content (AvgIpc) is 2.58. The van der Waals surface area contributed by atoms with Crippen LogP contribution < -0.4 is 10.1 Å². The molecule has 1 aliphatic rings. The van der Waals surface area contributed by atoms with Crippen LogP contribution in [0.3, 0.4) is 0 Å². The molecule has 0 bridgehead atoms. The highest BCUT2D eigenvalue weighted by Crippen LogP contribution is 2.23. The zero-order chi connectivity index (χ0) is 10.8. The minimum atomic E-state index is -0.796. The summed E-state index contributed by atoms with van der Waals surface area (Å²) in [4.78, 5) is 10.8. The van der Waals surface area contributed by atoms with Crippen molar-refractivity contribution >= 4 is 5.91 Å². The molecule has 1 heterocycles. The average molecular weight is 211 g/mol. The van der Waals surface area contributed by atoms with Crippen molar-refractivity contribution in [2.45, 2.75) is 0 Å². The smallest absolute Gasteiger partial charge is 0.247 e. The molecule has 1 N–H and O–H groups in total. The van der Waals surface area contributed by atoms with Crippen LogP contribution in [-0.4, -0.2) is 12.5 Å². The summed E-state index contributed by atoms with van der Waals surface area (Å²) in [5.74, 6) is -2.21. The van der Waals surface area contributed by atoms with E-state index in [1.165, 1.54) is 6.07 Å². The third kappa shape index (κ3) is 1.96. The van der Waals surface area contributed by atoms with Gasteiger partial charge in [0, 0.05) is 6.08 Å². The first kappa shape index (κ1) is 9.64. The normalized spacial score (nSPS) is 14.8. The molecule has 0 saturated heterocycles. The largest absolute Gasteiger partial charge is 0.453 e. The summed E-state index contributed by atoms with van der Waals surface area (Å²) in [7, 11) is 0. The second-order valence-electron chi connectivity index (χ2n) is 2.98. The molecular weight excluding hydrogens is 204 g/mol. The number of carbonyl (C=O) groups excluding carboxylic acids is 1. The molecule has 0 atom stereocenters. The Bertz CT molecular complexity index is 423. The summed E-state index contributed by atoms with van der Waals surface area (Å²) in [5, 5.41) is 2.43. The molecule has 0 radical (unpaired) electrons. The van der Waals surface area contributed by atoms with E-state index in [1.807, 2.05) is 0 Å². The van der Waals surface area contributed by atoms with Crippen molar-refractivity contribution in [3.63, 3.8) is 0 Å². The number of hydrogen-bond donors (Lipinski definition) is 1. The van der Waals surface area contributed by atoms with E-state index in [0.717, 1.165) is 18.2 Å². The van der Waals surface area contributed by atoms with E-state index in [0.29, 0.717) is 0 Å². The lowest BCUT2D eigenvalue weighted by molar-refractivity contribution is -0.115. The quantitative estimate of drug-likeness (QED) is 0.802. The Hall–Kier alpha value is -1.91. The minimum absolute atomic E-state index is 0.145. The molecule has 3 nitrogen and oxygen atoms in total. The molecule has 0 unspecified atom stereocenters. The van der Waals surface area contributed by atoms with Gasteiger partial charge in [0.1, 0.15) is 5.76 Å². The maximum atomic E-state index is 13.1. The Kier molecular flexibility index (Phi) is 2.37. The molecule has 5 heteroatoms. The van der Waals surface area contributed by atoms with Gasteiger partial charge in [-0.15, -0.1) is 0 Å². The molecule has 0 aromatic heterocycles. The summed E-state index contributed by atoms with van der Waals surface area (Å²) in [6.45, 7) is 0.145. The van der Waals surface area contributed by atoms with Gasteiger partial charge in [-0.05, 0) is 12.1 Å². The van der Waals surface area contributed by atoms with E-state index in [4.69, 9.17) is 4.74 Å². The van der Waals surface area contributed by atoms with Gasteiger partial charge in [0.05, 0.1) is 6.54 Å². The molecular formula is C10H7F2NO2. The molecule has 1 aliphatic heterocycles. The molecule has 0 saturated carbocycles. The fraction of sp³-hybridized carbons (Fsp3) is 0.100. The Labute approximate surface area is 84.4 Å². The second-order valence-corrected chi connectivity index (χ2v) is 2.98. The van der Waals surface area contributed by atoms with Crippen molar-refractivity contribution in [2.24, 2.45) is 0 Å². The number of nitrogens with one attached hydrogen (secondary N) is 1. The zero-order valence-corrected chi connectivity index (χ0v) is 7.59. The number of ether oxygens (including phenoxy) is 1. The van der Waals surface area contributed by atoms with Crippen molar-refractivity contribution in [1.29, 1.82) is 0 Å². The highest BCUT2D eigenvalue weighted by Gasteiger charge is 2.16. The van der Waals surface area contributed by atoms with Crippen molar-refractivity contribution in [3.05, 3.63) is 41.7 Å². The third-order valence-electron chi connectivity index (χ3n) is 1.88. The number of rotatable bonds is 2. The Balaban J connectivity index is 2.24. The van der Waals surface area contributed by atoms with Crippen LogP contribution in [0.2, 0.25) is 0 Å². The van der Waals surface area contributed by atoms with Crippen molar-refractivity contribution in [2.75, 3.05) is 6.54 Å². The van der Waals surface area contributed by atoms with E-state index >= 15 is 0 Å². The standard InChI is InChI=1S/C10H7F2NO2/c11-7-2-1-3-8(12)10(7)15-6-4-9(14)13-5-6/h1-4H,5H2,(H,13,14). The lowest BCUT2D eigenvalue weighted by atomic mass is 10.3. The van der Waals surface area contributed by atoms with Crippen LogP contribution >= 0.6 is 0 Å². The van der Waals surface area contributed by atoms with E-state index in [-0.39, 0.29) is 18.2 Å². The number of para-hydroxylation sites is 1. The van der Waals surface area contributed by atoms with E-state index in [9.17, 15) is 13.6 Å². The summed E-state index contributed by atoms with van der Waals surface area (Å²) < 4.78 is 31.1. The molecule has 0 aliphatic carbocycles.